The Hall–Kier alpha value is -3.69. The lowest BCUT2D eigenvalue weighted by atomic mass is 10.1. The summed E-state index contributed by atoms with van der Waals surface area (Å²) >= 11 is 3.18. The highest BCUT2D eigenvalue weighted by molar-refractivity contribution is 7.98. The third kappa shape index (κ3) is 5.61. The molecule has 6 rings (SSSR count). The highest BCUT2D eigenvalue weighted by Crippen LogP contribution is 2.42. The molecular formula is C32H31FN4O2S2. The van der Waals surface area contributed by atoms with Crippen LogP contribution in [-0.4, -0.2) is 47.9 Å². The number of nitrogens with one attached hydrogen (secondary N) is 1. The smallest absolute Gasteiger partial charge is 0.276 e. The molecule has 2 amide bonds. The summed E-state index contributed by atoms with van der Waals surface area (Å²) in [5, 5.41) is 2.75. The van der Waals surface area contributed by atoms with Crippen LogP contribution < -0.4 is 15.1 Å². The van der Waals surface area contributed by atoms with E-state index in [9.17, 15) is 14.0 Å². The van der Waals surface area contributed by atoms with Gasteiger partial charge in [-0.2, -0.15) is 11.8 Å². The fourth-order valence-electron chi connectivity index (χ4n) is 5.29. The quantitative estimate of drug-likeness (QED) is 0.240. The summed E-state index contributed by atoms with van der Waals surface area (Å²) in [6, 6.07) is 20.6. The minimum absolute atomic E-state index is 0.136. The summed E-state index contributed by atoms with van der Waals surface area (Å²) in [4.78, 5) is 37.5. The average Bonchev–Trinajstić information content (AvgIpc) is 3.76. The van der Waals surface area contributed by atoms with Gasteiger partial charge in [0.25, 0.3) is 11.8 Å². The van der Waals surface area contributed by atoms with Crippen molar-refractivity contribution < 1.29 is 14.0 Å². The Morgan fingerprint density at radius 1 is 1.12 bits per heavy atom. The molecule has 0 bridgehead atoms. The maximum absolute atomic E-state index is 14.4. The van der Waals surface area contributed by atoms with Gasteiger partial charge in [0, 0.05) is 35.3 Å². The van der Waals surface area contributed by atoms with Gasteiger partial charge in [-0.05, 0) is 73.9 Å². The molecule has 2 aromatic carbocycles. The van der Waals surface area contributed by atoms with Crippen molar-refractivity contribution in [3.8, 4) is 10.4 Å². The molecule has 0 spiro atoms. The van der Waals surface area contributed by atoms with Crippen molar-refractivity contribution in [1.29, 1.82) is 0 Å². The Balaban J connectivity index is 1.28. The van der Waals surface area contributed by atoms with Crippen LogP contribution in [-0.2, 0) is 6.42 Å². The highest BCUT2D eigenvalue weighted by Gasteiger charge is 2.31. The zero-order valence-corrected chi connectivity index (χ0v) is 24.7. The van der Waals surface area contributed by atoms with Gasteiger partial charge in [-0.15, -0.1) is 11.3 Å². The number of anilines is 3. The molecule has 9 heteroatoms. The first-order chi connectivity index (χ1) is 19.9. The van der Waals surface area contributed by atoms with Crippen molar-refractivity contribution in [3.05, 3.63) is 94.2 Å². The van der Waals surface area contributed by atoms with E-state index in [2.05, 4.69) is 16.5 Å². The Labute approximate surface area is 247 Å². The SMILES string of the molecule is CSCCN(c1cccc(C(=O)N2CCc3cc(C(=O)Nc4c(C)cccc4F)sc3-c3ccccc32)n1)C1CC1. The molecular weight excluding hydrogens is 556 g/mol. The molecule has 2 aromatic heterocycles. The highest BCUT2D eigenvalue weighted by atomic mass is 32.2. The van der Waals surface area contributed by atoms with E-state index >= 15 is 0 Å². The lowest BCUT2D eigenvalue weighted by Crippen LogP contribution is -2.34. The van der Waals surface area contributed by atoms with Gasteiger partial charge in [0.2, 0.25) is 0 Å². The molecule has 1 aliphatic carbocycles. The minimum Gasteiger partial charge on any atom is -0.353 e. The van der Waals surface area contributed by atoms with Gasteiger partial charge < -0.3 is 15.1 Å². The van der Waals surface area contributed by atoms with E-state index in [4.69, 9.17) is 4.98 Å². The van der Waals surface area contributed by atoms with Crippen LogP contribution in [0.5, 0.6) is 0 Å². The molecule has 210 valence electrons. The van der Waals surface area contributed by atoms with Crippen molar-refractivity contribution in [2.24, 2.45) is 0 Å². The molecule has 0 saturated heterocycles. The number of thioether (sulfide) groups is 1. The molecule has 1 N–H and O–H groups in total. The predicted octanol–water partition coefficient (Wildman–Crippen LogP) is 7.04. The van der Waals surface area contributed by atoms with Crippen molar-refractivity contribution in [2.75, 3.05) is 40.2 Å². The van der Waals surface area contributed by atoms with Gasteiger partial charge >= 0.3 is 0 Å². The summed E-state index contributed by atoms with van der Waals surface area (Å²) < 4.78 is 14.4. The van der Waals surface area contributed by atoms with Crippen molar-refractivity contribution >= 4 is 52.1 Å². The van der Waals surface area contributed by atoms with E-state index in [1.165, 1.54) is 17.4 Å². The second-order valence-electron chi connectivity index (χ2n) is 10.4. The van der Waals surface area contributed by atoms with E-state index in [0.29, 0.717) is 35.1 Å². The fraction of sp³-hybridized carbons (Fsp3) is 0.281. The van der Waals surface area contributed by atoms with Crippen LogP contribution in [0.15, 0.2) is 66.7 Å². The molecule has 2 aliphatic rings. The molecule has 0 atom stereocenters. The zero-order valence-electron chi connectivity index (χ0n) is 23.0. The first-order valence-electron chi connectivity index (χ1n) is 13.8. The van der Waals surface area contributed by atoms with Crippen LogP contribution in [0.2, 0.25) is 0 Å². The normalized spacial score (nSPS) is 14.2. The van der Waals surface area contributed by atoms with Crippen LogP contribution >= 0.6 is 23.1 Å². The van der Waals surface area contributed by atoms with E-state index in [0.717, 1.165) is 52.6 Å². The maximum Gasteiger partial charge on any atom is 0.276 e. The number of amides is 2. The number of carbonyl (C=O) groups is 2. The number of carbonyl (C=O) groups excluding carboxylic acids is 2. The van der Waals surface area contributed by atoms with Gasteiger partial charge in [0.15, 0.2) is 0 Å². The van der Waals surface area contributed by atoms with Gasteiger partial charge in [0.05, 0.1) is 16.3 Å². The van der Waals surface area contributed by atoms with E-state index in [-0.39, 0.29) is 17.5 Å². The van der Waals surface area contributed by atoms with Crippen LogP contribution in [0.4, 0.5) is 21.6 Å². The number of benzene rings is 2. The molecule has 4 aromatic rings. The molecule has 1 aliphatic heterocycles. The largest absolute Gasteiger partial charge is 0.353 e. The Bertz CT molecular complexity index is 1600. The van der Waals surface area contributed by atoms with E-state index < -0.39 is 5.82 Å². The summed E-state index contributed by atoms with van der Waals surface area (Å²) in [7, 11) is 0. The van der Waals surface area contributed by atoms with Crippen LogP contribution in [0.1, 0.15) is 44.1 Å². The van der Waals surface area contributed by atoms with Gasteiger partial charge in [-0.25, -0.2) is 9.37 Å². The van der Waals surface area contributed by atoms with Crippen molar-refractivity contribution in [1.82, 2.24) is 4.98 Å². The molecule has 1 fully saturated rings. The molecule has 6 nitrogen and oxygen atoms in total. The average molecular weight is 587 g/mol. The van der Waals surface area contributed by atoms with Gasteiger partial charge in [0.1, 0.15) is 17.3 Å². The minimum atomic E-state index is -0.460. The third-order valence-corrected chi connectivity index (χ3v) is 9.35. The van der Waals surface area contributed by atoms with Gasteiger partial charge in [-0.1, -0.05) is 36.4 Å². The molecule has 1 saturated carbocycles. The Morgan fingerprint density at radius 3 is 2.71 bits per heavy atom. The Morgan fingerprint density at radius 2 is 1.93 bits per heavy atom. The number of nitrogens with zero attached hydrogens (tertiary/aromatic N) is 3. The molecule has 41 heavy (non-hydrogen) atoms. The zero-order chi connectivity index (χ0) is 28.5. The van der Waals surface area contributed by atoms with Crippen LogP contribution in [0.25, 0.3) is 10.4 Å². The summed E-state index contributed by atoms with van der Waals surface area (Å²) in [6.45, 7) is 3.13. The number of hydrogen-bond donors (Lipinski definition) is 1. The topological polar surface area (TPSA) is 65.5 Å². The lowest BCUT2D eigenvalue weighted by Gasteiger charge is -2.25. The Kier molecular flexibility index (Phi) is 7.81. The molecule has 3 heterocycles. The third-order valence-electron chi connectivity index (χ3n) is 7.55. The number of aryl methyl sites for hydroxylation is 1. The summed E-state index contributed by atoms with van der Waals surface area (Å²) in [6.07, 6.45) is 5.01. The van der Waals surface area contributed by atoms with E-state index in [1.54, 1.807) is 30.0 Å². The lowest BCUT2D eigenvalue weighted by molar-refractivity contribution is 0.0981. The fourth-order valence-corrected chi connectivity index (χ4v) is 6.80. The van der Waals surface area contributed by atoms with Gasteiger partial charge in [-0.3, -0.25) is 9.59 Å². The number of hydrogen-bond acceptors (Lipinski definition) is 6. The second kappa shape index (κ2) is 11.7. The first kappa shape index (κ1) is 27.5. The predicted molar refractivity (Wildman–Crippen MR) is 167 cm³/mol. The van der Waals surface area contributed by atoms with Crippen molar-refractivity contribution in [3.63, 3.8) is 0 Å². The number of para-hydroxylation sites is 2. The number of aromatic nitrogens is 1. The standard InChI is InChI=1S/C32H31FN4O2S2/c1-20-7-5-9-24(33)29(20)35-31(38)27-19-21-15-16-37(26-11-4-3-8-23(26)30(21)41-27)32(39)25-10-6-12-28(34-25)36(17-18-40-2)22-13-14-22/h3-12,19,22H,13-18H2,1-2H3,(H,35,38). The first-order valence-corrected chi connectivity index (χ1v) is 16.0. The number of rotatable bonds is 8. The number of fused-ring (bicyclic) bond motifs is 3. The molecule has 0 radical (unpaired) electrons. The molecule has 0 unspecified atom stereocenters. The number of halogens is 1. The van der Waals surface area contributed by atoms with Crippen molar-refractivity contribution in [2.45, 2.75) is 32.2 Å². The summed E-state index contributed by atoms with van der Waals surface area (Å²) in [5.74, 6) is 0.930. The number of pyridine rings is 1. The van der Waals surface area contributed by atoms with E-state index in [1.807, 2.05) is 54.2 Å². The van der Waals surface area contributed by atoms with Crippen LogP contribution in [0, 0.1) is 12.7 Å². The van der Waals surface area contributed by atoms with Crippen LogP contribution in [0.3, 0.4) is 0 Å². The summed E-state index contributed by atoms with van der Waals surface area (Å²) in [5.41, 5.74) is 3.98. The second-order valence-corrected chi connectivity index (χ2v) is 12.4. The number of thiophene rings is 1. The monoisotopic (exact) mass is 586 g/mol. The maximum atomic E-state index is 14.4.